The molecule has 24 heavy (non-hydrogen) atoms. The lowest BCUT2D eigenvalue weighted by atomic mass is 10.0. The van der Waals surface area contributed by atoms with E-state index in [2.05, 4.69) is 25.1 Å². The Balaban J connectivity index is 1.63. The van der Waals surface area contributed by atoms with Crippen LogP contribution in [0.3, 0.4) is 0 Å². The van der Waals surface area contributed by atoms with E-state index in [0.29, 0.717) is 37.3 Å². The summed E-state index contributed by atoms with van der Waals surface area (Å²) < 4.78 is 12.5. The smallest absolute Gasteiger partial charge is 0.240 e. The second-order valence-corrected chi connectivity index (χ2v) is 6.36. The Hall–Kier alpha value is -1.80. The molecule has 1 saturated heterocycles. The van der Waals surface area contributed by atoms with Gasteiger partial charge < -0.3 is 9.26 Å². The van der Waals surface area contributed by atoms with Crippen LogP contribution in [0, 0.1) is 13.8 Å². The van der Waals surface area contributed by atoms with Crippen molar-refractivity contribution < 1.29 is 9.26 Å². The van der Waals surface area contributed by atoms with Crippen LogP contribution in [0.4, 0.5) is 0 Å². The molecule has 1 atom stereocenters. The number of ether oxygens (including phenoxy) is 1. The first-order valence-electron chi connectivity index (χ1n) is 8.58. The topological polar surface area (TPSA) is 82.1 Å². The Morgan fingerprint density at radius 1 is 1.25 bits per heavy atom. The van der Waals surface area contributed by atoms with Gasteiger partial charge in [0.15, 0.2) is 5.82 Å². The maximum atomic E-state index is 5.40. The molecule has 0 spiro atoms. The zero-order valence-electron chi connectivity index (χ0n) is 14.7. The van der Waals surface area contributed by atoms with Crippen LogP contribution in [0.15, 0.2) is 4.52 Å². The molecule has 0 N–H and O–H groups in total. The minimum absolute atomic E-state index is 0.424. The fourth-order valence-corrected chi connectivity index (χ4v) is 3.23. The van der Waals surface area contributed by atoms with Crippen LogP contribution in [0.25, 0.3) is 0 Å². The molecule has 2 aromatic rings. The minimum atomic E-state index is 0.424. The third-order valence-corrected chi connectivity index (χ3v) is 4.47. The highest BCUT2D eigenvalue weighted by Gasteiger charge is 2.25. The number of hydrogen-bond donors (Lipinski definition) is 0. The maximum Gasteiger partial charge on any atom is 0.240 e. The van der Waals surface area contributed by atoms with E-state index in [1.165, 1.54) is 12.8 Å². The molecule has 1 aliphatic heterocycles. The molecular weight excluding hydrogens is 308 g/mol. The maximum absolute atomic E-state index is 5.40. The Bertz CT molecular complexity index is 653. The van der Waals surface area contributed by atoms with Gasteiger partial charge in [0.1, 0.15) is 11.6 Å². The fraction of sp³-hybridized carbons (Fsp3) is 0.750. The van der Waals surface area contributed by atoms with Gasteiger partial charge in [0.25, 0.3) is 0 Å². The van der Waals surface area contributed by atoms with Gasteiger partial charge in [-0.1, -0.05) is 11.6 Å². The lowest BCUT2D eigenvalue weighted by Crippen LogP contribution is -2.42. The second-order valence-electron chi connectivity index (χ2n) is 6.36. The third-order valence-electron chi connectivity index (χ3n) is 4.47. The molecule has 8 nitrogen and oxygen atoms in total. The van der Waals surface area contributed by atoms with E-state index in [4.69, 9.17) is 9.26 Å². The molecule has 0 radical (unpaired) electrons. The number of aromatic nitrogens is 5. The van der Waals surface area contributed by atoms with Crippen molar-refractivity contribution in [3.05, 3.63) is 23.4 Å². The van der Waals surface area contributed by atoms with Gasteiger partial charge in [0, 0.05) is 19.6 Å². The van der Waals surface area contributed by atoms with E-state index < -0.39 is 0 Å². The molecular formula is C16H26N6O2. The van der Waals surface area contributed by atoms with Crippen LogP contribution in [0.2, 0.25) is 0 Å². The van der Waals surface area contributed by atoms with Crippen molar-refractivity contribution in [3.63, 3.8) is 0 Å². The van der Waals surface area contributed by atoms with Gasteiger partial charge in [0.2, 0.25) is 5.89 Å². The third kappa shape index (κ3) is 4.18. The summed E-state index contributed by atoms with van der Waals surface area (Å²) >= 11 is 0. The fourth-order valence-electron chi connectivity index (χ4n) is 3.23. The van der Waals surface area contributed by atoms with Crippen LogP contribution in [-0.4, -0.2) is 56.1 Å². The Labute approximate surface area is 142 Å². The second kappa shape index (κ2) is 7.85. The Morgan fingerprint density at radius 2 is 2.12 bits per heavy atom. The number of rotatable bonds is 7. The predicted octanol–water partition coefficient (Wildman–Crippen LogP) is 1.52. The first-order chi connectivity index (χ1) is 11.7. The molecule has 0 aliphatic carbocycles. The summed E-state index contributed by atoms with van der Waals surface area (Å²) in [6.07, 6.45) is 4.29. The summed E-state index contributed by atoms with van der Waals surface area (Å²) in [6, 6.07) is 0.424. The molecule has 1 unspecified atom stereocenters. The average Bonchev–Trinajstić information content (AvgIpc) is 3.13. The summed E-state index contributed by atoms with van der Waals surface area (Å²) in [6.45, 7) is 7.15. The molecule has 0 amide bonds. The van der Waals surface area contributed by atoms with Crippen molar-refractivity contribution in [1.29, 1.82) is 0 Å². The summed E-state index contributed by atoms with van der Waals surface area (Å²) in [5.74, 6) is 3.19. The standard InChI is InChI=1S/C16H26N6O2/c1-12-17-13(2)22(19-12)10-14-6-4-5-8-21(14)11-16-18-15(20-24-16)7-9-23-3/h14H,4-11H2,1-3H3. The van der Waals surface area contributed by atoms with Gasteiger partial charge in [0.05, 0.1) is 19.7 Å². The summed E-state index contributed by atoms with van der Waals surface area (Å²) in [5.41, 5.74) is 0. The van der Waals surface area contributed by atoms with Crippen LogP contribution >= 0.6 is 0 Å². The molecule has 0 bridgehead atoms. The number of likely N-dealkylation sites (tertiary alicyclic amines) is 1. The first-order valence-corrected chi connectivity index (χ1v) is 8.58. The van der Waals surface area contributed by atoms with E-state index in [9.17, 15) is 0 Å². The number of aryl methyl sites for hydroxylation is 2. The minimum Gasteiger partial charge on any atom is -0.384 e. The highest BCUT2D eigenvalue weighted by Crippen LogP contribution is 2.21. The molecule has 1 aliphatic rings. The molecule has 3 heterocycles. The van der Waals surface area contributed by atoms with E-state index in [-0.39, 0.29) is 0 Å². The monoisotopic (exact) mass is 334 g/mol. The van der Waals surface area contributed by atoms with Gasteiger partial charge in [-0.05, 0) is 33.2 Å². The zero-order valence-corrected chi connectivity index (χ0v) is 14.7. The van der Waals surface area contributed by atoms with Crippen LogP contribution in [-0.2, 0) is 24.2 Å². The zero-order chi connectivity index (χ0) is 16.9. The van der Waals surface area contributed by atoms with E-state index in [1.807, 2.05) is 18.5 Å². The summed E-state index contributed by atoms with van der Waals surface area (Å²) in [5, 5.41) is 8.52. The molecule has 8 heteroatoms. The molecule has 0 aromatic carbocycles. The van der Waals surface area contributed by atoms with Crippen LogP contribution in [0.5, 0.6) is 0 Å². The van der Waals surface area contributed by atoms with Gasteiger partial charge in [-0.2, -0.15) is 10.1 Å². The number of piperidine rings is 1. The number of methoxy groups -OCH3 is 1. The van der Waals surface area contributed by atoms with Crippen molar-refractivity contribution in [3.8, 4) is 0 Å². The average molecular weight is 334 g/mol. The van der Waals surface area contributed by atoms with E-state index >= 15 is 0 Å². The van der Waals surface area contributed by atoms with Crippen LogP contribution in [0.1, 0.15) is 42.6 Å². The van der Waals surface area contributed by atoms with Crippen molar-refractivity contribution in [1.82, 2.24) is 29.8 Å². The summed E-state index contributed by atoms with van der Waals surface area (Å²) in [7, 11) is 1.67. The highest BCUT2D eigenvalue weighted by atomic mass is 16.5. The van der Waals surface area contributed by atoms with Crippen molar-refractivity contribution >= 4 is 0 Å². The number of hydrogen-bond acceptors (Lipinski definition) is 7. The predicted molar refractivity (Wildman–Crippen MR) is 87.4 cm³/mol. The molecule has 1 fully saturated rings. The Morgan fingerprint density at radius 3 is 2.88 bits per heavy atom. The van der Waals surface area contributed by atoms with Crippen molar-refractivity contribution in [2.24, 2.45) is 0 Å². The van der Waals surface area contributed by atoms with Gasteiger partial charge in [-0.15, -0.1) is 0 Å². The largest absolute Gasteiger partial charge is 0.384 e. The molecule has 2 aromatic heterocycles. The first kappa shape index (κ1) is 17.0. The highest BCUT2D eigenvalue weighted by molar-refractivity contribution is 4.91. The lowest BCUT2D eigenvalue weighted by molar-refractivity contribution is 0.107. The van der Waals surface area contributed by atoms with Gasteiger partial charge >= 0.3 is 0 Å². The molecule has 0 saturated carbocycles. The quantitative estimate of drug-likeness (QED) is 0.759. The molecule has 132 valence electrons. The van der Waals surface area contributed by atoms with E-state index in [0.717, 1.165) is 31.2 Å². The lowest BCUT2D eigenvalue weighted by Gasteiger charge is -2.34. The van der Waals surface area contributed by atoms with E-state index in [1.54, 1.807) is 7.11 Å². The van der Waals surface area contributed by atoms with Gasteiger partial charge in [-0.3, -0.25) is 4.90 Å². The van der Waals surface area contributed by atoms with Gasteiger partial charge in [-0.25, -0.2) is 9.67 Å². The van der Waals surface area contributed by atoms with Crippen molar-refractivity contribution in [2.75, 3.05) is 20.3 Å². The normalized spacial score (nSPS) is 19.0. The number of nitrogens with zero attached hydrogens (tertiary/aromatic N) is 6. The SMILES string of the molecule is COCCc1noc(CN2CCCCC2Cn2nc(C)nc2C)n1. The van der Waals surface area contributed by atoms with Crippen molar-refractivity contribution in [2.45, 2.75) is 58.7 Å². The molecule has 3 rings (SSSR count). The van der Waals surface area contributed by atoms with Crippen LogP contribution < -0.4 is 0 Å². The Kier molecular flexibility index (Phi) is 5.57. The summed E-state index contributed by atoms with van der Waals surface area (Å²) in [4.78, 5) is 11.3.